The van der Waals surface area contributed by atoms with Gasteiger partial charge in [-0.3, -0.25) is 0 Å². The molecule has 0 aromatic heterocycles. The number of hydrogen-bond donors (Lipinski definition) is 0. The van der Waals surface area contributed by atoms with Gasteiger partial charge < -0.3 is 0 Å². The van der Waals surface area contributed by atoms with Crippen LogP contribution in [0.3, 0.4) is 0 Å². The van der Waals surface area contributed by atoms with Gasteiger partial charge >= 0.3 is 204 Å². The van der Waals surface area contributed by atoms with Gasteiger partial charge in [0.2, 0.25) is 0 Å². The summed E-state index contributed by atoms with van der Waals surface area (Å²) in [4.78, 5) is 0. The summed E-state index contributed by atoms with van der Waals surface area (Å²) in [5.41, 5.74) is 0. The summed E-state index contributed by atoms with van der Waals surface area (Å²) in [6.45, 7) is 2.30. The molecule has 0 aliphatic heterocycles. The molecule has 0 heterocycles. The molecule has 0 N–H and O–H groups in total. The fourth-order valence-electron chi connectivity index (χ4n) is 5.48. The van der Waals surface area contributed by atoms with Crippen molar-refractivity contribution in [3.8, 4) is 0 Å². The van der Waals surface area contributed by atoms with Gasteiger partial charge in [-0.25, -0.2) is 0 Å². The van der Waals surface area contributed by atoms with Gasteiger partial charge in [0.15, 0.2) is 0 Å². The van der Waals surface area contributed by atoms with Crippen LogP contribution in [0.25, 0.3) is 0 Å². The predicted molar refractivity (Wildman–Crippen MR) is 165 cm³/mol. The molecule has 0 saturated heterocycles. The van der Waals surface area contributed by atoms with E-state index in [9.17, 15) is 0 Å². The number of unbranched alkanes of at least 4 members (excludes halogenated alkanes) is 12. The molecular weight excluding hydrogens is 507 g/mol. The Hall–Kier alpha value is -1.43. The van der Waals surface area contributed by atoms with Crippen LogP contribution in [-0.4, -0.2) is 6.16 Å². The van der Waals surface area contributed by atoms with Crippen molar-refractivity contribution in [3.05, 3.63) is 91.0 Å². The third kappa shape index (κ3) is 7.53. The van der Waals surface area contributed by atoms with Crippen molar-refractivity contribution in [2.24, 2.45) is 0 Å². The molecule has 0 aliphatic carbocycles. The molecular formula is C33H46BrP. The van der Waals surface area contributed by atoms with Crippen molar-refractivity contribution >= 4 is 36.7 Å². The molecule has 0 amide bonds. The van der Waals surface area contributed by atoms with Crippen LogP contribution in [-0.2, 0) is 0 Å². The second-order valence-electron chi connectivity index (χ2n) is 10.2. The molecule has 2 heteroatoms. The van der Waals surface area contributed by atoms with Crippen molar-refractivity contribution in [1.29, 1.82) is 0 Å². The monoisotopic (exact) mass is 552 g/mol. The third-order valence-corrected chi connectivity index (χ3v) is 17.6. The molecule has 190 valence electrons. The van der Waals surface area contributed by atoms with Gasteiger partial charge in [-0.1, -0.05) is 19.8 Å². The van der Waals surface area contributed by atoms with Crippen LogP contribution < -0.4 is 15.9 Å². The summed E-state index contributed by atoms with van der Waals surface area (Å²) >= 11 is 4.58. The molecule has 0 aliphatic rings. The zero-order valence-corrected chi connectivity index (χ0v) is 24.4. The Balaban J connectivity index is 1.60. The van der Waals surface area contributed by atoms with Crippen molar-refractivity contribution in [1.82, 2.24) is 0 Å². The van der Waals surface area contributed by atoms with E-state index in [0.29, 0.717) is 0 Å². The van der Waals surface area contributed by atoms with Crippen molar-refractivity contribution in [2.45, 2.75) is 90.4 Å². The van der Waals surface area contributed by atoms with Crippen LogP contribution in [0, 0.1) is 0 Å². The first kappa shape index (κ1) is 28.1. The topological polar surface area (TPSA) is 0 Å². The molecule has 3 aromatic rings. The van der Waals surface area contributed by atoms with E-state index >= 15 is 0 Å². The molecule has 0 atom stereocenters. The number of hydrogen-bond acceptors (Lipinski definition) is 0. The summed E-state index contributed by atoms with van der Waals surface area (Å²) < 4.78 is 0. The Morgan fingerprint density at radius 2 is 0.714 bits per heavy atom. The minimum atomic E-state index is -2.73. The van der Waals surface area contributed by atoms with Crippen LogP contribution in [0.15, 0.2) is 91.0 Å². The fraction of sp³-hybridized carbons (Fsp3) is 0.455. The van der Waals surface area contributed by atoms with E-state index in [-0.39, 0.29) is 0 Å². The van der Waals surface area contributed by atoms with Crippen LogP contribution in [0.2, 0.25) is 0 Å². The summed E-state index contributed by atoms with van der Waals surface area (Å²) in [6.07, 6.45) is 19.2. The maximum absolute atomic E-state index is 4.58. The van der Waals surface area contributed by atoms with Gasteiger partial charge in [-0.15, -0.1) is 0 Å². The Bertz CT molecular complexity index is 839. The zero-order chi connectivity index (χ0) is 24.7. The van der Waals surface area contributed by atoms with E-state index in [1.54, 1.807) is 0 Å². The number of rotatable bonds is 17. The van der Waals surface area contributed by atoms with Gasteiger partial charge in [-0.05, 0) is 0 Å². The summed E-state index contributed by atoms with van der Waals surface area (Å²) in [5.74, 6) is 0. The van der Waals surface area contributed by atoms with E-state index in [0.717, 1.165) is 0 Å². The molecule has 0 nitrogen and oxygen atoms in total. The van der Waals surface area contributed by atoms with Crippen LogP contribution in [0.5, 0.6) is 0 Å². The number of benzene rings is 3. The summed E-state index contributed by atoms with van der Waals surface area (Å²) in [7, 11) is 0. The first-order chi connectivity index (χ1) is 17.2. The predicted octanol–water partition coefficient (Wildman–Crippen LogP) is 9.92. The first-order valence-corrected chi connectivity index (χ1v) is 18.5. The Morgan fingerprint density at radius 1 is 0.429 bits per heavy atom. The van der Waals surface area contributed by atoms with Crippen molar-refractivity contribution in [3.63, 3.8) is 0 Å². The summed E-state index contributed by atoms with van der Waals surface area (Å²) in [5, 5.41) is 1.59. The molecule has 3 rings (SSSR count). The van der Waals surface area contributed by atoms with Gasteiger partial charge in [0.25, 0.3) is 0 Å². The minimum absolute atomic E-state index is 1.17. The average Bonchev–Trinajstić information content (AvgIpc) is 2.93. The molecule has 3 aromatic carbocycles. The summed E-state index contributed by atoms with van der Waals surface area (Å²) in [6, 6.07) is 33.7. The van der Waals surface area contributed by atoms with Crippen LogP contribution in [0.4, 0.5) is 0 Å². The molecule has 0 saturated carbocycles. The van der Waals surface area contributed by atoms with Gasteiger partial charge in [0.1, 0.15) is 0 Å². The molecule has 0 bridgehead atoms. The third-order valence-electron chi connectivity index (χ3n) is 7.57. The molecule has 0 spiro atoms. The Morgan fingerprint density at radius 3 is 1.03 bits per heavy atom. The van der Waals surface area contributed by atoms with E-state index in [1.807, 2.05) is 0 Å². The van der Waals surface area contributed by atoms with E-state index in [4.69, 9.17) is 0 Å². The SMILES string of the molecule is CCCCCCCCCCCCCCCP(Br)(c1ccccc1)(c1ccccc1)c1ccccc1. The molecule has 0 radical (unpaired) electrons. The maximum atomic E-state index is 4.58. The Kier molecular flexibility index (Phi) is 12.0. The average molecular weight is 554 g/mol. The van der Waals surface area contributed by atoms with Crippen molar-refractivity contribution in [2.75, 3.05) is 6.16 Å². The first-order valence-electron chi connectivity index (χ1n) is 14.1. The quantitative estimate of drug-likeness (QED) is 0.115. The molecule has 35 heavy (non-hydrogen) atoms. The second-order valence-corrected chi connectivity index (χ2v) is 19.2. The van der Waals surface area contributed by atoms with Crippen LogP contribution >= 0.6 is 20.8 Å². The Labute approximate surface area is 223 Å². The zero-order valence-electron chi connectivity index (χ0n) is 21.9. The van der Waals surface area contributed by atoms with E-state index < -0.39 is 5.31 Å². The second kappa shape index (κ2) is 15.0. The normalized spacial score (nSPS) is 12.8. The number of halogens is 1. The van der Waals surface area contributed by atoms with Gasteiger partial charge in [0.05, 0.1) is 0 Å². The fourth-order valence-corrected chi connectivity index (χ4v) is 13.2. The molecule has 0 unspecified atom stereocenters. The molecule has 0 fully saturated rings. The van der Waals surface area contributed by atoms with Gasteiger partial charge in [0, 0.05) is 0 Å². The van der Waals surface area contributed by atoms with E-state index in [1.165, 1.54) is 106 Å². The van der Waals surface area contributed by atoms with Gasteiger partial charge in [-0.2, -0.15) is 0 Å². The van der Waals surface area contributed by atoms with Crippen molar-refractivity contribution < 1.29 is 0 Å². The standard InChI is InChI=1S/C33H46BrP/c1-2-3-4-5-6-7-8-9-10-11-12-13-23-30-35(34,31-24-17-14-18-25-31,32-26-19-15-20-27-32)33-28-21-16-22-29-33/h14-22,24-29H,2-13,23,30H2,1H3. The van der Waals surface area contributed by atoms with E-state index in [2.05, 4.69) is 113 Å². The van der Waals surface area contributed by atoms with Crippen LogP contribution in [0.1, 0.15) is 90.4 Å².